The molecule has 102 valence electrons. The van der Waals surface area contributed by atoms with Gasteiger partial charge in [0.05, 0.1) is 17.8 Å². The fraction of sp³-hybridized carbons (Fsp3) is 0.417. The van der Waals surface area contributed by atoms with Gasteiger partial charge >= 0.3 is 0 Å². The third kappa shape index (κ3) is 3.17. The van der Waals surface area contributed by atoms with Crippen molar-refractivity contribution < 1.29 is 9.59 Å². The van der Waals surface area contributed by atoms with Crippen LogP contribution in [0.25, 0.3) is 0 Å². The van der Waals surface area contributed by atoms with Crippen LogP contribution in [0.2, 0.25) is 0 Å². The molecule has 2 amide bonds. The highest BCUT2D eigenvalue weighted by Crippen LogP contribution is 2.22. The van der Waals surface area contributed by atoms with Gasteiger partial charge in [0.2, 0.25) is 11.8 Å². The van der Waals surface area contributed by atoms with Crippen LogP contribution < -0.4 is 11.1 Å². The molecule has 0 bridgehead atoms. The number of carbonyl (C=O) groups is 2. The number of pyridine rings is 1. The van der Waals surface area contributed by atoms with Crippen molar-refractivity contribution in [2.75, 3.05) is 22.7 Å². The smallest absolute Gasteiger partial charge is 0.248 e. The van der Waals surface area contributed by atoms with Crippen molar-refractivity contribution in [3.8, 4) is 0 Å². The first-order valence-corrected chi connectivity index (χ1v) is 7.17. The van der Waals surface area contributed by atoms with Crippen LogP contribution in [0, 0.1) is 0 Å². The number of amides is 2. The SMILES string of the molecule is CCC(=O)N1CSCC1C(=O)Nc1ccc(N)nc1. The van der Waals surface area contributed by atoms with E-state index < -0.39 is 6.04 Å². The van der Waals surface area contributed by atoms with Crippen LogP contribution in [0.4, 0.5) is 11.5 Å². The molecule has 0 aromatic carbocycles. The molecule has 6 nitrogen and oxygen atoms in total. The highest BCUT2D eigenvalue weighted by molar-refractivity contribution is 7.99. The van der Waals surface area contributed by atoms with Crippen molar-refractivity contribution in [1.29, 1.82) is 0 Å². The Kier molecular flexibility index (Phi) is 4.26. The van der Waals surface area contributed by atoms with Gasteiger partial charge in [-0.3, -0.25) is 9.59 Å². The summed E-state index contributed by atoms with van der Waals surface area (Å²) in [5.74, 6) is 1.42. The second-order valence-corrected chi connectivity index (χ2v) is 5.19. The van der Waals surface area contributed by atoms with E-state index in [1.54, 1.807) is 35.7 Å². The van der Waals surface area contributed by atoms with Gasteiger partial charge in [-0.05, 0) is 12.1 Å². The van der Waals surface area contributed by atoms with Crippen LogP contribution in [-0.4, -0.2) is 39.4 Å². The van der Waals surface area contributed by atoms with E-state index in [1.165, 1.54) is 6.20 Å². The molecule has 1 saturated heterocycles. The number of carbonyl (C=O) groups excluding carboxylic acids is 2. The lowest BCUT2D eigenvalue weighted by molar-refractivity contribution is -0.135. The van der Waals surface area contributed by atoms with Gasteiger partial charge in [-0.2, -0.15) is 0 Å². The summed E-state index contributed by atoms with van der Waals surface area (Å²) in [6.07, 6.45) is 1.91. The summed E-state index contributed by atoms with van der Waals surface area (Å²) < 4.78 is 0. The minimum atomic E-state index is -0.407. The zero-order chi connectivity index (χ0) is 13.8. The summed E-state index contributed by atoms with van der Waals surface area (Å²) in [5, 5.41) is 2.76. The molecular weight excluding hydrogens is 264 g/mol. The Bertz CT molecular complexity index is 477. The number of nitrogens with two attached hydrogens (primary N) is 1. The number of anilines is 2. The van der Waals surface area contributed by atoms with Gasteiger partial charge in [0.25, 0.3) is 0 Å². The predicted molar refractivity (Wildman–Crippen MR) is 75.5 cm³/mol. The molecule has 2 heterocycles. The lowest BCUT2D eigenvalue weighted by Crippen LogP contribution is -2.44. The summed E-state index contributed by atoms with van der Waals surface area (Å²) in [5.41, 5.74) is 6.06. The van der Waals surface area contributed by atoms with E-state index in [9.17, 15) is 9.59 Å². The average Bonchev–Trinajstić information content (AvgIpc) is 2.90. The van der Waals surface area contributed by atoms with E-state index in [1.807, 2.05) is 0 Å². The Morgan fingerprint density at radius 3 is 3.00 bits per heavy atom. The lowest BCUT2D eigenvalue weighted by Gasteiger charge is -2.22. The largest absolute Gasteiger partial charge is 0.384 e. The maximum absolute atomic E-state index is 12.2. The number of nitrogens with zero attached hydrogens (tertiary/aromatic N) is 2. The Morgan fingerprint density at radius 1 is 1.58 bits per heavy atom. The number of aromatic nitrogens is 1. The summed E-state index contributed by atoms with van der Waals surface area (Å²) in [4.78, 5) is 29.4. The number of nitrogen functional groups attached to an aromatic ring is 1. The van der Waals surface area contributed by atoms with Gasteiger partial charge in [0.1, 0.15) is 11.9 Å². The minimum absolute atomic E-state index is 0.000538. The molecule has 1 aromatic rings. The number of nitrogens with one attached hydrogen (secondary N) is 1. The first kappa shape index (κ1) is 13.7. The fourth-order valence-electron chi connectivity index (χ4n) is 1.81. The van der Waals surface area contributed by atoms with E-state index in [-0.39, 0.29) is 11.8 Å². The van der Waals surface area contributed by atoms with Gasteiger partial charge in [-0.25, -0.2) is 4.98 Å². The fourth-order valence-corrected chi connectivity index (χ4v) is 2.99. The molecule has 1 aromatic heterocycles. The molecule has 0 radical (unpaired) electrons. The molecule has 1 aliphatic heterocycles. The number of hydrogen-bond acceptors (Lipinski definition) is 5. The van der Waals surface area contributed by atoms with Crippen molar-refractivity contribution in [3.63, 3.8) is 0 Å². The summed E-state index contributed by atoms with van der Waals surface area (Å²) in [7, 11) is 0. The molecule has 1 fully saturated rings. The molecule has 1 aliphatic rings. The van der Waals surface area contributed by atoms with Crippen LogP contribution in [0.15, 0.2) is 18.3 Å². The molecule has 7 heteroatoms. The molecular formula is C12H16N4O2S. The van der Waals surface area contributed by atoms with E-state index in [4.69, 9.17) is 5.73 Å². The zero-order valence-corrected chi connectivity index (χ0v) is 11.4. The van der Waals surface area contributed by atoms with Crippen molar-refractivity contribution >= 4 is 35.1 Å². The van der Waals surface area contributed by atoms with E-state index in [0.717, 1.165) is 0 Å². The Labute approximate surface area is 115 Å². The molecule has 0 spiro atoms. The van der Waals surface area contributed by atoms with Crippen molar-refractivity contribution in [1.82, 2.24) is 9.88 Å². The molecule has 0 aliphatic carbocycles. The minimum Gasteiger partial charge on any atom is -0.384 e. The van der Waals surface area contributed by atoms with Crippen molar-refractivity contribution in [2.45, 2.75) is 19.4 Å². The molecule has 1 atom stereocenters. The highest BCUT2D eigenvalue weighted by Gasteiger charge is 2.33. The first-order chi connectivity index (χ1) is 9.11. The monoisotopic (exact) mass is 280 g/mol. The highest BCUT2D eigenvalue weighted by atomic mass is 32.2. The molecule has 3 N–H and O–H groups in total. The van der Waals surface area contributed by atoms with Crippen molar-refractivity contribution in [2.24, 2.45) is 0 Å². The van der Waals surface area contributed by atoms with Crippen LogP contribution in [0.3, 0.4) is 0 Å². The van der Waals surface area contributed by atoms with Crippen molar-refractivity contribution in [3.05, 3.63) is 18.3 Å². The quantitative estimate of drug-likeness (QED) is 0.859. The zero-order valence-electron chi connectivity index (χ0n) is 10.6. The second-order valence-electron chi connectivity index (χ2n) is 4.19. The summed E-state index contributed by atoms with van der Waals surface area (Å²) >= 11 is 1.58. The molecule has 1 unspecified atom stereocenters. The topological polar surface area (TPSA) is 88.3 Å². The molecule has 19 heavy (non-hydrogen) atoms. The standard InChI is InChI=1S/C12H16N4O2S/c1-2-11(17)16-7-19-6-9(16)12(18)15-8-3-4-10(13)14-5-8/h3-5,9H,2,6-7H2,1H3,(H2,13,14)(H,15,18). The van der Waals surface area contributed by atoms with Gasteiger partial charge in [-0.1, -0.05) is 6.92 Å². The Hall–Kier alpha value is -1.76. The maximum Gasteiger partial charge on any atom is 0.248 e. The van der Waals surface area contributed by atoms with E-state index >= 15 is 0 Å². The first-order valence-electron chi connectivity index (χ1n) is 6.01. The Morgan fingerprint density at radius 2 is 2.37 bits per heavy atom. The molecule has 2 rings (SSSR count). The average molecular weight is 280 g/mol. The normalized spacial score (nSPS) is 18.4. The third-order valence-corrected chi connectivity index (χ3v) is 3.87. The van der Waals surface area contributed by atoms with Gasteiger partial charge in [0.15, 0.2) is 0 Å². The third-order valence-electron chi connectivity index (χ3n) is 2.86. The number of rotatable bonds is 3. The number of thioether (sulfide) groups is 1. The summed E-state index contributed by atoms with van der Waals surface area (Å²) in [6, 6.07) is 2.90. The second kappa shape index (κ2) is 5.92. The maximum atomic E-state index is 12.2. The van der Waals surface area contributed by atoms with Gasteiger partial charge in [0, 0.05) is 12.2 Å². The van der Waals surface area contributed by atoms with Gasteiger partial charge in [-0.15, -0.1) is 11.8 Å². The van der Waals surface area contributed by atoms with E-state index in [0.29, 0.717) is 29.6 Å². The van der Waals surface area contributed by atoms with Crippen LogP contribution >= 0.6 is 11.8 Å². The Balaban J connectivity index is 2.03. The molecule has 0 saturated carbocycles. The predicted octanol–water partition coefficient (Wildman–Crippen LogP) is 0.914. The van der Waals surface area contributed by atoms with Crippen LogP contribution in [0.5, 0.6) is 0 Å². The lowest BCUT2D eigenvalue weighted by atomic mass is 10.2. The van der Waals surface area contributed by atoms with E-state index in [2.05, 4.69) is 10.3 Å². The van der Waals surface area contributed by atoms with Gasteiger partial charge < -0.3 is 16.0 Å². The summed E-state index contributed by atoms with van der Waals surface area (Å²) in [6.45, 7) is 1.80. The van der Waals surface area contributed by atoms with Crippen LogP contribution in [-0.2, 0) is 9.59 Å². The van der Waals surface area contributed by atoms with Crippen LogP contribution in [0.1, 0.15) is 13.3 Å². The number of hydrogen-bond donors (Lipinski definition) is 2.